The summed E-state index contributed by atoms with van der Waals surface area (Å²) in [6.45, 7) is 8.38. The first-order valence-corrected chi connectivity index (χ1v) is 7.98. The van der Waals surface area contributed by atoms with Crippen molar-refractivity contribution >= 4 is 0 Å². The molecule has 0 aliphatic rings. The molecule has 0 spiro atoms. The van der Waals surface area contributed by atoms with Gasteiger partial charge in [0.25, 0.3) is 0 Å². The average Bonchev–Trinajstić information content (AvgIpc) is 2.58. The summed E-state index contributed by atoms with van der Waals surface area (Å²) in [5, 5.41) is 0. The third kappa shape index (κ3) is 3.28. The van der Waals surface area contributed by atoms with E-state index in [0.717, 1.165) is 0 Å². The molecule has 0 saturated heterocycles. The minimum absolute atomic E-state index is 1.28. The van der Waals surface area contributed by atoms with Crippen LogP contribution in [0.4, 0.5) is 0 Å². The summed E-state index contributed by atoms with van der Waals surface area (Å²) in [4.78, 5) is 0. The monoisotopic (exact) mass is 288 g/mol. The fourth-order valence-electron chi connectivity index (χ4n) is 2.73. The Morgan fingerprint density at radius 1 is 0.500 bits per heavy atom. The van der Waals surface area contributed by atoms with Crippen molar-refractivity contribution in [3.63, 3.8) is 0 Å². The predicted octanol–water partition coefficient (Wildman–Crippen LogP) is 6.66. The first-order valence-electron chi connectivity index (χ1n) is 7.98. The first-order chi connectivity index (χ1) is 10.8. The second-order valence-corrected chi connectivity index (χ2v) is 5.16. The molecule has 0 aliphatic carbocycles. The largest absolute Gasteiger partial charge is 0.0683 e. The van der Waals surface area contributed by atoms with Crippen LogP contribution in [0.2, 0.25) is 0 Å². The molecule has 3 rings (SSSR count). The second kappa shape index (κ2) is 7.61. The van der Waals surface area contributed by atoms with Crippen molar-refractivity contribution in [1.82, 2.24) is 0 Å². The highest BCUT2D eigenvalue weighted by Crippen LogP contribution is 2.32. The SMILES string of the molecule is CC.Cc1ccccc1-c1cccc(-c2ccccc2)c1C. The molecular weight excluding hydrogens is 264 g/mol. The molecule has 0 N–H and O–H groups in total. The van der Waals surface area contributed by atoms with E-state index in [1.165, 1.54) is 33.4 Å². The standard InChI is InChI=1S/C20H18.C2H6/c1-15-9-6-7-12-18(15)20-14-8-13-19(16(20)2)17-10-4-3-5-11-17;1-2/h3-14H,1-2H3;1-2H3. The molecule has 0 atom stereocenters. The molecule has 0 nitrogen and oxygen atoms in total. The third-order valence-corrected chi connectivity index (χ3v) is 3.85. The van der Waals surface area contributed by atoms with Crippen molar-refractivity contribution in [2.45, 2.75) is 27.7 Å². The quantitative estimate of drug-likeness (QED) is 0.494. The predicted molar refractivity (Wildman–Crippen MR) is 98.1 cm³/mol. The number of rotatable bonds is 2. The average molecular weight is 288 g/mol. The molecule has 0 bridgehead atoms. The van der Waals surface area contributed by atoms with Gasteiger partial charge in [-0.25, -0.2) is 0 Å². The van der Waals surface area contributed by atoms with Gasteiger partial charge in [-0.05, 0) is 47.2 Å². The highest BCUT2D eigenvalue weighted by atomic mass is 14.1. The molecule has 0 radical (unpaired) electrons. The smallest absolute Gasteiger partial charge is 0.0146 e. The normalized spacial score (nSPS) is 9.82. The maximum atomic E-state index is 2.21. The van der Waals surface area contributed by atoms with E-state index >= 15 is 0 Å². The Labute approximate surface area is 134 Å². The Hall–Kier alpha value is -2.34. The molecule has 0 heterocycles. The van der Waals surface area contributed by atoms with E-state index < -0.39 is 0 Å². The number of hydrogen-bond donors (Lipinski definition) is 0. The van der Waals surface area contributed by atoms with Gasteiger partial charge in [0, 0.05) is 0 Å². The van der Waals surface area contributed by atoms with Crippen LogP contribution in [0, 0.1) is 13.8 Å². The summed E-state index contributed by atoms with van der Waals surface area (Å²) in [6.07, 6.45) is 0. The molecule has 0 heteroatoms. The van der Waals surface area contributed by atoms with Crippen LogP contribution < -0.4 is 0 Å². The lowest BCUT2D eigenvalue weighted by Crippen LogP contribution is -1.90. The summed E-state index contributed by atoms with van der Waals surface area (Å²) < 4.78 is 0. The van der Waals surface area contributed by atoms with Crippen LogP contribution >= 0.6 is 0 Å². The minimum Gasteiger partial charge on any atom is -0.0683 e. The molecule has 0 amide bonds. The van der Waals surface area contributed by atoms with Gasteiger partial charge < -0.3 is 0 Å². The lowest BCUT2D eigenvalue weighted by Gasteiger charge is -2.13. The van der Waals surface area contributed by atoms with Crippen LogP contribution in [0.1, 0.15) is 25.0 Å². The van der Waals surface area contributed by atoms with Gasteiger partial charge in [0.2, 0.25) is 0 Å². The van der Waals surface area contributed by atoms with E-state index in [9.17, 15) is 0 Å². The number of hydrogen-bond acceptors (Lipinski definition) is 0. The van der Waals surface area contributed by atoms with Crippen molar-refractivity contribution in [2.24, 2.45) is 0 Å². The number of benzene rings is 3. The fourth-order valence-corrected chi connectivity index (χ4v) is 2.73. The van der Waals surface area contributed by atoms with Crippen LogP contribution in [0.15, 0.2) is 72.8 Å². The van der Waals surface area contributed by atoms with Crippen molar-refractivity contribution in [2.75, 3.05) is 0 Å². The topological polar surface area (TPSA) is 0 Å². The zero-order valence-electron chi connectivity index (χ0n) is 13.9. The molecule has 3 aromatic rings. The molecule has 0 saturated carbocycles. The zero-order chi connectivity index (χ0) is 15.9. The van der Waals surface area contributed by atoms with Gasteiger partial charge in [-0.2, -0.15) is 0 Å². The molecule has 0 aromatic heterocycles. The van der Waals surface area contributed by atoms with Crippen LogP contribution in [0.5, 0.6) is 0 Å². The van der Waals surface area contributed by atoms with Crippen LogP contribution in [-0.4, -0.2) is 0 Å². The van der Waals surface area contributed by atoms with Gasteiger partial charge in [-0.1, -0.05) is 86.6 Å². The van der Waals surface area contributed by atoms with E-state index in [1.807, 2.05) is 13.8 Å². The molecule has 112 valence electrons. The third-order valence-electron chi connectivity index (χ3n) is 3.85. The molecule has 22 heavy (non-hydrogen) atoms. The van der Waals surface area contributed by atoms with E-state index in [4.69, 9.17) is 0 Å². The van der Waals surface area contributed by atoms with E-state index in [0.29, 0.717) is 0 Å². The minimum atomic E-state index is 1.28. The van der Waals surface area contributed by atoms with Crippen molar-refractivity contribution in [1.29, 1.82) is 0 Å². The van der Waals surface area contributed by atoms with Crippen molar-refractivity contribution < 1.29 is 0 Å². The molecular formula is C22H24. The highest BCUT2D eigenvalue weighted by molar-refractivity contribution is 5.79. The Morgan fingerprint density at radius 2 is 1.05 bits per heavy atom. The molecule has 0 unspecified atom stereocenters. The lowest BCUT2D eigenvalue weighted by atomic mass is 9.91. The maximum Gasteiger partial charge on any atom is -0.0146 e. The Bertz CT molecular complexity index is 724. The van der Waals surface area contributed by atoms with Gasteiger partial charge in [-0.15, -0.1) is 0 Å². The lowest BCUT2D eigenvalue weighted by molar-refractivity contribution is 1.40. The van der Waals surface area contributed by atoms with Crippen LogP contribution in [0.3, 0.4) is 0 Å². The zero-order valence-corrected chi connectivity index (χ0v) is 13.9. The Morgan fingerprint density at radius 3 is 1.73 bits per heavy atom. The van der Waals surface area contributed by atoms with Crippen LogP contribution in [-0.2, 0) is 0 Å². The Balaban J connectivity index is 0.000000847. The van der Waals surface area contributed by atoms with Crippen molar-refractivity contribution in [3.8, 4) is 22.3 Å². The number of aryl methyl sites for hydroxylation is 1. The Kier molecular flexibility index (Phi) is 5.55. The highest BCUT2D eigenvalue weighted by Gasteiger charge is 2.08. The summed E-state index contributed by atoms with van der Waals surface area (Å²) in [5.41, 5.74) is 7.90. The van der Waals surface area contributed by atoms with Gasteiger partial charge >= 0.3 is 0 Å². The first kappa shape index (κ1) is 16.0. The van der Waals surface area contributed by atoms with E-state index in [1.54, 1.807) is 0 Å². The van der Waals surface area contributed by atoms with Crippen LogP contribution in [0.25, 0.3) is 22.3 Å². The van der Waals surface area contributed by atoms with Crippen molar-refractivity contribution in [3.05, 3.63) is 83.9 Å². The summed E-state index contributed by atoms with van der Waals surface area (Å²) in [6, 6.07) is 25.7. The molecule has 0 fully saturated rings. The summed E-state index contributed by atoms with van der Waals surface area (Å²) in [5.74, 6) is 0. The van der Waals surface area contributed by atoms with Gasteiger partial charge in [-0.3, -0.25) is 0 Å². The van der Waals surface area contributed by atoms with Gasteiger partial charge in [0.15, 0.2) is 0 Å². The van der Waals surface area contributed by atoms with E-state index in [-0.39, 0.29) is 0 Å². The van der Waals surface area contributed by atoms with Gasteiger partial charge in [0.05, 0.1) is 0 Å². The summed E-state index contributed by atoms with van der Waals surface area (Å²) >= 11 is 0. The molecule has 0 aliphatic heterocycles. The summed E-state index contributed by atoms with van der Waals surface area (Å²) in [7, 11) is 0. The van der Waals surface area contributed by atoms with E-state index in [2.05, 4.69) is 86.6 Å². The van der Waals surface area contributed by atoms with Gasteiger partial charge in [0.1, 0.15) is 0 Å². The molecule has 3 aromatic carbocycles. The fraction of sp³-hybridized carbons (Fsp3) is 0.182. The maximum absolute atomic E-state index is 2.21. The second-order valence-electron chi connectivity index (χ2n) is 5.16.